The Morgan fingerprint density at radius 2 is 2.33 bits per heavy atom. The molecule has 0 fully saturated rings. The van der Waals surface area contributed by atoms with Crippen molar-refractivity contribution in [3.8, 4) is 0 Å². The summed E-state index contributed by atoms with van der Waals surface area (Å²) in [6, 6.07) is 0. The number of hydrogen-bond acceptors (Lipinski definition) is 2. The van der Waals surface area contributed by atoms with Gasteiger partial charge in [0.15, 0.2) is 0 Å². The minimum atomic E-state index is -0.250. The first kappa shape index (κ1) is 9.21. The minimum absolute atomic E-state index is 0.250. The minimum Gasteiger partial charge on any atom is -0.392 e. The number of rotatable bonds is 5. The fourth-order valence-corrected chi connectivity index (χ4v) is 0.636. The third kappa shape index (κ3) is 8.21. The van der Waals surface area contributed by atoms with Crippen molar-refractivity contribution in [3.05, 3.63) is 0 Å². The molecular formula is C6H14ClNO. The summed E-state index contributed by atoms with van der Waals surface area (Å²) in [5.41, 5.74) is 0. The predicted octanol–water partition coefficient (Wildman–Crippen LogP) is 0.586. The molecule has 0 radical (unpaired) electrons. The highest BCUT2D eigenvalue weighted by molar-refractivity contribution is 6.17. The van der Waals surface area contributed by atoms with E-state index in [4.69, 9.17) is 16.7 Å². The first-order valence-corrected chi connectivity index (χ1v) is 3.75. The van der Waals surface area contributed by atoms with Crippen LogP contribution in [0.1, 0.15) is 13.3 Å². The number of alkyl halides is 1. The van der Waals surface area contributed by atoms with Gasteiger partial charge >= 0.3 is 0 Å². The van der Waals surface area contributed by atoms with Crippen LogP contribution in [0, 0.1) is 0 Å². The summed E-state index contributed by atoms with van der Waals surface area (Å²) < 4.78 is 0. The molecule has 0 aliphatic rings. The van der Waals surface area contributed by atoms with Crippen molar-refractivity contribution in [3.63, 3.8) is 0 Å². The van der Waals surface area contributed by atoms with Crippen molar-refractivity contribution < 1.29 is 5.11 Å². The summed E-state index contributed by atoms with van der Waals surface area (Å²) in [6.45, 7) is 3.32. The molecule has 1 atom stereocenters. The summed E-state index contributed by atoms with van der Waals surface area (Å²) in [4.78, 5) is 0. The summed E-state index contributed by atoms with van der Waals surface area (Å²) in [6.07, 6.45) is 0.717. The van der Waals surface area contributed by atoms with Gasteiger partial charge in [-0.3, -0.25) is 0 Å². The highest BCUT2D eigenvalue weighted by atomic mass is 35.5. The van der Waals surface area contributed by atoms with E-state index >= 15 is 0 Å². The summed E-state index contributed by atoms with van der Waals surface area (Å²) >= 11 is 5.41. The number of halogens is 1. The largest absolute Gasteiger partial charge is 0.392 e. The molecule has 56 valence electrons. The Labute approximate surface area is 61.2 Å². The van der Waals surface area contributed by atoms with E-state index in [1.54, 1.807) is 6.92 Å². The molecule has 0 aromatic heterocycles. The van der Waals surface area contributed by atoms with Crippen molar-refractivity contribution in [1.29, 1.82) is 0 Å². The van der Waals surface area contributed by atoms with Gasteiger partial charge in [0.25, 0.3) is 0 Å². The van der Waals surface area contributed by atoms with Gasteiger partial charge < -0.3 is 10.4 Å². The Bertz CT molecular complexity index is 59.0. The Morgan fingerprint density at radius 1 is 1.67 bits per heavy atom. The fraction of sp³-hybridized carbons (Fsp3) is 1.00. The average Bonchev–Trinajstić information content (AvgIpc) is 1.80. The average molecular weight is 152 g/mol. The maximum absolute atomic E-state index is 8.76. The molecule has 0 amide bonds. The van der Waals surface area contributed by atoms with Gasteiger partial charge in [-0.25, -0.2) is 0 Å². The number of aliphatic hydroxyl groups excluding tert-OH is 1. The second-order valence-electron chi connectivity index (χ2n) is 2.10. The van der Waals surface area contributed by atoms with Crippen molar-refractivity contribution in [2.75, 3.05) is 19.0 Å². The second kappa shape index (κ2) is 6.33. The van der Waals surface area contributed by atoms with Gasteiger partial charge in [0.05, 0.1) is 6.10 Å². The van der Waals surface area contributed by atoms with Crippen LogP contribution in [0.4, 0.5) is 0 Å². The Hall–Kier alpha value is 0.210. The number of aliphatic hydroxyl groups is 1. The van der Waals surface area contributed by atoms with Crippen molar-refractivity contribution in [2.45, 2.75) is 19.4 Å². The van der Waals surface area contributed by atoms with E-state index in [0.29, 0.717) is 12.4 Å². The third-order valence-electron chi connectivity index (χ3n) is 0.927. The quantitative estimate of drug-likeness (QED) is 0.445. The predicted molar refractivity (Wildman–Crippen MR) is 39.9 cm³/mol. The molecule has 0 saturated carbocycles. The summed E-state index contributed by atoms with van der Waals surface area (Å²) in [5.74, 6) is 0.687. The number of nitrogens with one attached hydrogen (secondary N) is 1. The van der Waals surface area contributed by atoms with Crippen LogP contribution in [-0.4, -0.2) is 30.2 Å². The molecule has 0 aromatic rings. The standard InChI is InChI=1S/C6H14ClNO/c1-6(9)5-8-4-2-3-7/h6,8-9H,2-5H2,1H3. The first-order valence-electron chi connectivity index (χ1n) is 3.22. The Kier molecular flexibility index (Phi) is 6.48. The summed E-state index contributed by atoms with van der Waals surface area (Å²) in [7, 11) is 0. The molecule has 0 bridgehead atoms. The van der Waals surface area contributed by atoms with E-state index in [0.717, 1.165) is 13.0 Å². The molecule has 0 rings (SSSR count). The molecular weight excluding hydrogens is 138 g/mol. The van der Waals surface area contributed by atoms with Gasteiger partial charge in [0.1, 0.15) is 0 Å². The van der Waals surface area contributed by atoms with Crippen LogP contribution in [0.15, 0.2) is 0 Å². The lowest BCUT2D eigenvalue weighted by atomic mass is 10.4. The fourth-order valence-electron chi connectivity index (χ4n) is 0.503. The SMILES string of the molecule is CC(O)CNCCCCl. The van der Waals surface area contributed by atoms with Gasteiger partial charge in [0, 0.05) is 12.4 Å². The van der Waals surface area contributed by atoms with Crippen LogP contribution in [0.3, 0.4) is 0 Å². The highest BCUT2D eigenvalue weighted by Crippen LogP contribution is 1.81. The topological polar surface area (TPSA) is 32.3 Å². The van der Waals surface area contributed by atoms with E-state index in [2.05, 4.69) is 5.32 Å². The number of hydrogen-bond donors (Lipinski definition) is 2. The molecule has 0 aromatic carbocycles. The molecule has 0 aliphatic carbocycles. The van der Waals surface area contributed by atoms with Gasteiger partial charge in [-0.15, -0.1) is 11.6 Å². The lowest BCUT2D eigenvalue weighted by Crippen LogP contribution is -2.25. The van der Waals surface area contributed by atoms with Gasteiger partial charge in [-0.1, -0.05) is 0 Å². The van der Waals surface area contributed by atoms with Gasteiger partial charge in [-0.05, 0) is 19.9 Å². The first-order chi connectivity index (χ1) is 4.27. The Morgan fingerprint density at radius 3 is 2.78 bits per heavy atom. The zero-order valence-corrected chi connectivity index (χ0v) is 6.49. The molecule has 2 N–H and O–H groups in total. The van der Waals surface area contributed by atoms with Crippen molar-refractivity contribution in [1.82, 2.24) is 5.32 Å². The molecule has 3 heteroatoms. The molecule has 1 unspecified atom stereocenters. The molecule has 0 aliphatic heterocycles. The van der Waals surface area contributed by atoms with E-state index in [-0.39, 0.29) is 6.10 Å². The van der Waals surface area contributed by atoms with Crippen molar-refractivity contribution in [2.24, 2.45) is 0 Å². The second-order valence-corrected chi connectivity index (χ2v) is 2.47. The van der Waals surface area contributed by atoms with Gasteiger partial charge in [0.2, 0.25) is 0 Å². The van der Waals surface area contributed by atoms with E-state index in [1.807, 2.05) is 0 Å². The smallest absolute Gasteiger partial charge is 0.0636 e. The molecule has 0 saturated heterocycles. The Balaban J connectivity index is 2.75. The lowest BCUT2D eigenvalue weighted by Gasteiger charge is -2.04. The van der Waals surface area contributed by atoms with Crippen LogP contribution in [0.2, 0.25) is 0 Å². The molecule has 9 heavy (non-hydrogen) atoms. The van der Waals surface area contributed by atoms with Gasteiger partial charge in [-0.2, -0.15) is 0 Å². The molecule has 0 heterocycles. The lowest BCUT2D eigenvalue weighted by molar-refractivity contribution is 0.191. The third-order valence-corrected chi connectivity index (χ3v) is 1.19. The van der Waals surface area contributed by atoms with Crippen molar-refractivity contribution >= 4 is 11.6 Å². The zero-order valence-electron chi connectivity index (χ0n) is 5.73. The molecule has 2 nitrogen and oxygen atoms in total. The van der Waals surface area contributed by atoms with E-state index in [1.165, 1.54) is 0 Å². The van der Waals surface area contributed by atoms with Crippen LogP contribution in [0.5, 0.6) is 0 Å². The zero-order chi connectivity index (χ0) is 7.11. The highest BCUT2D eigenvalue weighted by Gasteiger charge is 1.91. The van der Waals surface area contributed by atoms with Crippen LogP contribution >= 0.6 is 11.6 Å². The monoisotopic (exact) mass is 151 g/mol. The summed E-state index contributed by atoms with van der Waals surface area (Å²) in [5, 5.41) is 11.8. The van der Waals surface area contributed by atoms with Crippen LogP contribution in [0.25, 0.3) is 0 Å². The maximum Gasteiger partial charge on any atom is 0.0636 e. The molecule has 0 spiro atoms. The normalized spacial score (nSPS) is 13.7. The van der Waals surface area contributed by atoms with Crippen LogP contribution < -0.4 is 5.32 Å². The van der Waals surface area contributed by atoms with E-state index in [9.17, 15) is 0 Å². The van der Waals surface area contributed by atoms with E-state index < -0.39 is 0 Å². The van der Waals surface area contributed by atoms with Crippen LogP contribution in [-0.2, 0) is 0 Å². The maximum atomic E-state index is 8.76.